The number of hydrogen-bond donors (Lipinski definition) is 2. The SMILES string of the molecule is NCC1(C(=O)Nc2nc3c(s2)CCC3)CC1. The highest BCUT2D eigenvalue weighted by molar-refractivity contribution is 7.15. The Morgan fingerprint density at radius 3 is 2.94 bits per heavy atom. The van der Waals surface area contributed by atoms with Gasteiger partial charge in [-0.3, -0.25) is 4.79 Å². The maximum Gasteiger partial charge on any atom is 0.233 e. The molecule has 0 aliphatic heterocycles. The van der Waals surface area contributed by atoms with E-state index in [1.165, 1.54) is 17.0 Å². The number of nitrogens with zero attached hydrogens (tertiary/aromatic N) is 1. The molecule has 1 fully saturated rings. The summed E-state index contributed by atoms with van der Waals surface area (Å²) in [5.41, 5.74) is 6.51. The maximum absolute atomic E-state index is 11.9. The first-order chi connectivity index (χ1) is 7.73. The molecule has 3 rings (SSSR count). The Labute approximate surface area is 98.3 Å². The van der Waals surface area contributed by atoms with Gasteiger partial charge >= 0.3 is 0 Å². The van der Waals surface area contributed by atoms with Gasteiger partial charge in [0.15, 0.2) is 5.13 Å². The molecular formula is C11H15N3OS. The number of nitrogens with one attached hydrogen (secondary N) is 1. The smallest absolute Gasteiger partial charge is 0.233 e. The van der Waals surface area contributed by atoms with Crippen LogP contribution in [-0.4, -0.2) is 17.4 Å². The molecule has 1 amide bonds. The molecule has 0 atom stereocenters. The van der Waals surface area contributed by atoms with Crippen molar-refractivity contribution in [3.63, 3.8) is 0 Å². The van der Waals surface area contributed by atoms with Crippen LogP contribution < -0.4 is 11.1 Å². The Hall–Kier alpha value is -0.940. The molecule has 1 aromatic rings. The molecule has 86 valence electrons. The van der Waals surface area contributed by atoms with E-state index >= 15 is 0 Å². The molecule has 0 spiro atoms. The second-order valence-electron chi connectivity index (χ2n) is 4.68. The highest BCUT2D eigenvalue weighted by atomic mass is 32.1. The van der Waals surface area contributed by atoms with Gasteiger partial charge in [0.2, 0.25) is 5.91 Å². The minimum atomic E-state index is -0.282. The first-order valence-electron chi connectivity index (χ1n) is 5.74. The van der Waals surface area contributed by atoms with Crippen molar-refractivity contribution in [3.8, 4) is 0 Å². The van der Waals surface area contributed by atoms with Gasteiger partial charge in [-0.1, -0.05) is 0 Å². The van der Waals surface area contributed by atoms with Crippen molar-refractivity contribution in [2.45, 2.75) is 32.1 Å². The molecule has 1 saturated carbocycles. The molecule has 5 heteroatoms. The van der Waals surface area contributed by atoms with Gasteiger partial charge in [0.25, 0.3) is 0 Å². The maximum atomic E-state index is 11.9. The van der Waals surface area contributed by atoms with Crippen LogP contribution >= 0.6 is 11.3 Å². The average molecular weight is 237 g/mol. The molecule has 4 nitrogen and oxygen atoms in total. The predicted octanol–water partition coefficient (Wildman–Crippen LogP) is 1.31. The Balaban J connectivity index is 1.72. The summed E-state index contributed by atoms with van der Waals surface area (Å²) in [5, 5.41) is 3.67. The number of fused-ring (bicyclic) bond motifs is 1. The third-order valence-electron chi connectivity index (χ3n) is 3.54. The molecule has 0 unspecified atom stereocenters. The molecule has 1 heterocycles. The number of nitrogens with two attached hydrogens (primary N) is 1. The topological polar surface area (TPSA) is 68.0 Å². The van der Waals surface area contributed by atoms with E-state index in [4.69, 9.17) is 5.73 Å². The van der Waals surface area contributed by atoms with Gasteiger partial charge in [-0.2, -0.15) is 0 Å². The lowest BCUT2D eigenvalue weighted by Crippen LogP contribution is -2.30. The number of carbonyl (C=O) groups excluding carboxylic acids is 1. The number of rotatable bonds is 3. The molecule has 3 N–H and O–H groups in total. The van der Waals surface area contributed by atoms with Crippen molar-refractivity contribution >= 4 is 22.4 Å². The minimum Gasteiger partial charge on any atom is -0.329 e. The van der Waals surface area contributed by atoms with Crippen LogP contribution in [-0.2, 0) is 17.6 Å². The third kappa shape index (κ3) is 1.55. The lowest BCUT2D eigenvalue weighted by atomic mass is 10.1. The van der Waals surface area contributed by atoms with Gasteiger partial charge in [0, 0.05) is 11.4 Å². The largest absolute Gasteiger partial charge is 0.329 e. The molecule has 0 radical (unpaired) electrons. The summed E-state index contributed by atoms with van der Waals surface area (Å²) >= 11 is 1.62. The molecule has 0 aromatic carbocycles. The van der Waals surface area contributed by atoms with E-state index < -0.39 is 0 Å². The third-order valence-corrected chi connectivity index (χ3v) is 4.61. The second kappa shape index (κ2) is 3.53. The van der Waals surface area contributed by atoms with Crippen molar-refractivity contribution in [1.82, 2.24) is 4.98 Å². The van der Waals surface area contributed by atoms with Crippen LogP contribution in [0.3, 0.4) is 0 Å². The molecule has 2 aliphatic rings. The Bertz CT molecular complexity index is 415. The van der Waals surface area contributed by atoms with Gasteiger partial charge < -0.3 is 11.1 Å². The van der Waals surface area contributed by atoms with E-state index in [2.05, 4.69) is 10.3 Å². The van der Waals surface area contributed by atoms with E-state index in [0.29, 0.717) is 6.54 Å². The van der Waals surface area contributed by atoms with Crippen LogP contribution in [0.15, 0.2) is 0 Å². The zero-order chi connectivity index (χ0) is 11.2. The van der Waals surface area contributed by atoms with E-state index in [0.717, 1.165) is 30.8 Å². The normalized spacial score (nSPS) is 20.6. The summed E-state index contributed by atoms with van der Waals surface area (Å²) in [4.78, 5) is 17.7. The Kier molecular flexibility index (Phi) is 2.26. The van der Waals surface area contributed by atoms with Crippen LogP contribution in [0.5, 0.6) is 0 Å². The Morgan fingerprint density at radius 2 is 2.31 bits per heavy atom. The van der Waals surface area contributed by atoms with Gasteiger partial charge in [-0.25, -0.2) is 4.98 Å². The minimum absolute atomic E-state index is 0.0578. The molecule has 0 bridgehead atoms. The van der Waals surface area contributed by atoms with E-state index in [9.17, 15) is 4.79 Å². The van der Waals surface area contributed by atoms with Crippen LogP contribution in [0.4, 0.5) is 5.13 Å². The van der Waals surface area contributed by atoms with Crippen LogP contribution in [0.1, 0.15) is 29.8 Å². The zero-order valence-electron chi connectivity index (χ0n) is 9.08. The summed E-state index contributed by atoms with van der Waals surface area (Å²) < 4.78 is 0. The van der Waals surface area contributed by atoms with E-state index in [-0.39, 0.29) is 11.3 Å². The predicted molar refractivity (Wildman–Crippen MR) is 63.5 cm³/mol. The summed E-state index contributed by atoms with van der Waals surface area (Å²) in [6.45, 7) is 0.448. The first kappa shape index (κ1) is 10.2. The Morgan fingerprint density at radius 1 is 1.50 bits per heavy atom. The zero-order valence-corrected chi connectivity index (χ0v) is 9.90. The number of anilines is 1. The van der Waals surface area contributed by atoms with Crippen molar-refractivity contribution in [1.29, 1.82) is 0 Å². The van der Waals surface area contributed by atoms with Crippen molar-refractivity contribution in [2.24, 2.45) is 11.1 Å². The fourth-order valence-electron chi connectivity index (χ4n) is 2.15. The van der Waals surface area contributed by atoms with Gasteiger partial charge in [-0.05, 0) is 32.1 Å². The highest BCUT2D eigenvalue weighted by Crippen LogP contribution is 2.45. The first-order valence-corrected chi connectivity index (χ1v) is 6.55. The van der Waals surface area contributed by atoms with Gasteiger partial charge in [0.1, 0.15) is 0 Å². The van der Waals surface area contributed by atoms with E-state index in [1.54, 1.807) is 11.3 Å². The molecule has 16 heavy (non-hydrogen) atoms. The standard InChI is InChI=1S/C11H15N3OS/c12-6-11(4-5-11)9(15)14-10-13-7-2-1-3-8(7)16-10/h1-6,12H2,(H,13,14,15). The number of carbonyl (C=O) groups is 1. The number of aromatic nitrogens is 1. The number of thiazole rings is 1. The summed E-state index contributed by atoms with van der Waals surface area (Å²) in [6, 6.07) is 0. The van der Waals surface area contributed by atoms with Crippen LogP contribution in [0.25, 0.3) is 0 Å². The van der Waals surface area contributed by atoms with Crippen molar-refractivity contribution < 1.29 is 4.79 Å². The number of hydrogen-bond acceptors (Lipinski definition) is 4. The molecule has 0 saturated heterocycles. The monoisotopic (exact) mass is 237 g/mol. The van der Waals surface area contributed by atoms with Crippen LogP contribution in [0.2, 0.25) is 0 Å². The number of amides is 1. The summed E-state index contributed by atoms with van der Waals surface area (Å²) in [5.74, 6) is 0.0578. The number of aryl methyl sites for hydroxylation is 2. The average Bonchev–Trinajstić information content (AvgIpc) is 2.82. The van der Waals surface area contributed by atoms with Gasteiger partial charge in [-0.15, -0.1) is 11.3 Å². The quantitative estimate of drug-likeness (QED) is 0.833. The van der Waals surface area contributed by atoms with Crippen molar-refractivity contribution in [2.75, 3.05) is 11.9 Å². The summed E-state index contributed by atoms with van der Waals surface area (Å²) in [6.07, 6.45) is 5.21. The summed E-state index contributed by atoms with van der Waals surface area (Å²) in [7, 11) is 0. The molecular weight excluding hydrogens is 222 g/mol. The lowest BCUT2D eigenvalue weighted by molar-refractivity contribution is -0.120. The van der Waals surface area contributed by atoms with E-state index in [1.807, 2.05) is 0 Å². The second-order valence-corrected chi connectivity index (χ2v) is 5.76. The van der Waals surface area contributed by atoms with Gasteiger partial charge in [0.05, 0.1) is 11.1 Å². The highest BCUT2D eigenvalue weighted by Gasteiger charge is 2.48. The molecule has 1 aromatic heterocycles. The lowest BCUT2D eigenvalue weighted by Gasteiger charge is -2.10. The van der Waals surface area contributed by atoms with Crippen LogP contribution in [0, 0.1) is 5.41 Å². The molecule has 2 aliphatic carbocycles. The van der Waals surface area contributed by atoms with Crippen molar-refractivity contribution in [3.05, 3.63) is 10.6 Å². The fraction of sp³-hybridized carbons (Fsp3) is 0.636. The fourth-order valence-corrected chi connectivity index (χ4v) is 3.19.